The number of amides is 2. The Hall–Kier alpha value is -1.26. The zero-order valence-corrected chi connectivity index (χ0v) is 8.47. The van der Waals surface area contributed by atoms with Crippen LogP contribution in [0.3, 0.4) is 0 Å². The standard InChI is InChI=1S/C9H11ClN2O2/c1-14-6-11-9(13)12-8-5-3-2-4-7(8)10/h2-5H,6H2,1H3,(H2,11,12,13). The molecule has 0 unspecified atom stereocenters. The predicted molar refractivity (Wildman–Crippen MR) is 55.5 cm³/mol. The van der Waals surface area contributed by atoms with E-state index in [-0.39, 0.29) is 12.8 Å². The molecule has 1 aromatic rings. The van der Waals surface area contributed by atoms with E-state index in [1.165, 1.54) is 7.11 Å². The summed E-state index contributed by atoms with van der Waals surface area (Å²) in [6.45, 7) is 0.163. The second kappa shape index (κ2) is 5.47. The molecule has 2 N–H and O–H groups in total. The molecule has 1 rings (SSSR count). The largest absolute Gasteiger partial charge is 0.364 e. The lowest BCUT2D eigenvalue weighted by atomic mass is 10.3. The molecule has 0 aliphatic carbocycles. The van der Waals surface area contributed by atoms with Crippen molar-refractivity contribution in [2.45, 2.75) is 0 Å². The first kappa shape index (κ1) is 10.8. The summed E-state index contributed by atoms with van der Waals surface area (Å²) < 4.78 is 4.68. The van der Waals surface area contributed by atoms with Gasteiger partial charge in [0.1, 0.15) is 6.73 Å². The lowest BCUT2D eigenvalue weighted by molar-refractivity contribution is 0.177. The number of hydrogen-bond donors (Lipinski definition) is 2. The van der Waals surface area contributed by atoms with Gasteiger partial charge in [-0.25, -0.2) is 4.79 Å². The van der Waals surface area contributed by atoms with Crippen molar-refractivity contribution in [3.05, 3.63) is 29.3 Å². The number of methoxy groups -OCH3 is 1. The molecular formula is C9H11ClN2O2. The lowest BCUT2D eigenvalue weighted by Crippen LogP contribution is -2.30. The topological polar surface area (TPSA) is 50.4 Å². The van der Waals surface area contributed by atoms with E-state index in [0.717, 1.165) is 0 Å². The van der Waals surface area contributed by atoms with Crippen molar-refractivity contribution < 1.29 is 9.53 Å². The van der Waals surface area contributed by atoms with Crippen molar-refractivity contribution >= 4 is 23.3 Å². The highest BCUT2D eigenvalue weighted by atomic mass is 35.5. The highest BCUT2D eigenvalue weighted by Gasteiger charge is 2.02. The molecular weight excluding hydrogens is 204 g/mol. The molecule has 0 saturated carbocycles. The van der Waals surface area contributed by atoms with E-state index in [1.54, 1.807) is 24.3 Å². The van der Waals surface area contributed by atoms with Gasteiger partial charge in [0.2, 0.25) is 0 Å². The summed E-state index contributed by atoms with van der Waals surface area (Å²) in [7, 11) is 1.50. The monoisotopic (exact) mass is 214 g/mol. The molecule has 0 heterocycles. The normalized spacial score (nSPS) is 9.57. The quantitative estimate of drug-likeness (QED) is 0.757. The van der Waals surface area contributed by atoms with Gasteiger partial charge in [-0.1, -0.05) is 23.7 Å². The number of nitrogens with one attached hydrogen (secondary N) is 2. The highest BCUT2D eigenvalue weighted by molar-refractivity contribution is 6.33. The van der Waals surface area contributed by atoms with E-state index in [9.17, 15) is 4.79 Å². The first-order chi connectivity index (χ1) is 6.74. The highest BCUT2D eigenvalue weighted by Crippen LogP contribution is 2.19. The van der Waals surface area contributed by atoms with E-state index < -0.39 is 0 Å². The maximum atomic E-state index is 11.2. The van der Waals surface area contributed by atoms with Crippen molar-refractivity contribution in [2.24, 2.45) is 0 Å². The van der Waals surface area contributed by atoms with Crippen LogP contribution in [0.1, 0.15) is 0 Å². The fourth-order valence-corrected chi connectivity index (χ4v) is 1.05. The number of anilines is 1. The van der Waals surface area contributed by atoms with Crippen molar-refractivity contribution in [1.29, 1.82) is 0 Å². The molecule has 0 saturated heterocycles. The summed E-state index contributed by atoms with van der Waals surface area (Å²) in [4.78, 5) is 11.2. The lowest BCUT2D eigenvalue weighted by Gasteiger charge is -2.07. The van der Waals surface area contributed by atoms with Gasteiger partial charge in [-0.15, -0.1) is 0 Å². The Labute approximate surface area is 87.2 Å². The zero-order valence-electron chi connectivity index (χ0n) is 7.71. The number of para-hydroxylation sites is 1. The third-order valence-corrected chi connectivity index (χ3v) is 1.83. The molecule has 0 aliphatic heterocycles. The van der Waals surface area contributed by atoms with Crippen molar-refractivity contribution in [3.63, 3.8) is 0 Å². The van der Waals surface area contributed by atoms with Crippen LogP contribution in [0.4, 0.5) is 10.5 Å². The number of carbonyl (C=O) groups is 1. The molecule has 0 aliphatic rings. The molecule has 76 valence electrons. The molecule has 4 nitrogen and oxygen atoms in total. The Morgan fingerprint density at radius 2 is 2.21 bits per heavy atom. The van der Waals surface area contributed by atoms with Crippen LogP contribution >= 0.6 is 11.6 Å². The molecule has 2 amide bonds. The Morgan fingerprint density at radius 1 is 1.50 bits per heavy atom. The third-order valence-electron chi connectivity index (χ3n) is 1.50. The minimum atomic E-state index is -0.347. The van der Waals surface area contributed by atoms with Crippen molar-refractivity contribution in [3.8, 4) is 0 Å². The van der Waals surface area contributed by atoms with Crippen LogP contribution in [-0.4, -0.2) is 19.9 Å². The second-order valence-electron chi connectivity index (χ2n) is 2.54. The summed E-state index contributed by atoms with van der Waals surface area (Å²) in [6, 6.07) is 6.65. The molecule has 0 bridgehead atoms. The first-order valence-corrected chi connectivity index (χ1v) is 4.40. The van der Waals surface area contributed by atoms with Crippen LogP contribution in [-0.2, 0) is 4.74 Å². The van der Waals surface area contributed by atoms with Gasteiger partial charge in [0.15, 0.2) is 0 Å². The van der Waals surface area contributed by atoms with Crippen LogP contribution in [0, 0.1) is 0 Å². The van der Waals surface area contributed by atoms with E-state index in [0.29, 0.717) is 10.7 Å². The molecule has 0 aromatic heterocycles. The molecule has 14 heavy (non-hydrogen) atoms. The predicted octanol–water partition coefficient (Wildman–Crippen LogP) is 2.07. The number of halogens is 1. The number of benzene rings is 1. The Kier molecular flexibility index (Phi) is 4.22. The van der Waals surface area contributed by atoms with Crippen LogP contribution < -0.4 is 10.6 Å². The minimum absolute atomic E-state index is 0.163. The summed E-state index contributed by atoms with van der Waals surface area (Å²) >= 11 is 5.83. The van der Waals surface area contributed by atoms with Gasteiger partial charge < -0.3 is 15.4 Å². The molecule has 0 radical (unpaired) electrons. The fraction of sp³-hybridized carbons (Fsp3) is 0.222. The molecule has 1 aromatic carbocycles. The van der Waals surface area contributed by atoms with Gasteiger partial charge in [0.05, 0.1) is 10.7 Å². The molecule has 0 fully saturated rings. The zero-order chi connectivity index (χ0) is 10.4. The van der Waals surface area contributed by atoms with Gasteiger partial charge in [-0.05, 0) is 12.1 Å². The summed E-state index contributed by atoms with van der Waals surface area (Å²) in [5.41, 5.74) is 0.572. The maximum Gasteiger partial charge on any atom is 0.321 e. The smallest absolute Gasteiger partial charge is 0.321 e. The van der Waals surface area contributed by atoms with Gasteiger partial charge in [-0.3, -0.25) is 0 Å². The summed E-state index contributed by atoms with van der Waals surface area (Å²) in [5, 5.41) is 5.56. The molecule has 0 atom stereocenters. The molecule has 5 heteroatoms. The first-order valence-electron chi connectivity index (χ1n) is 4.02. The number of rotatable bonds is 3. The van der Waals surface area contributed by atoms with E-state index >= 15 is 0 Å². The van der Waals surface area contributed by atoms with E-state index in [1.807, 2.05) is 0 Å². The SMILES string of the molecule is COCNC(=O)Nc1ccccc1Cl. The summed E-state index contributed by atoms with van der Waals surface area (Å²) in [5.74, 6) is 0. The Morgan fingerprint density at radius 3 is 2.86 bits per heavy atom. The van der Waals surface area contributed by atoms with Crippen molar-refractivity contribution in [2.75, 3.05) is 19.2 Å². The third kappa shape index (κ3) is 3.24. The van der Waals surface area contributed by atoms with Crippen molar-refractivity contribution in [1.82, 2.24) is 5.32 Å². The van der Waals surface area contributed by atoms with Crippen LogP contribution in [0.2, 0.25) is 5.02 Å². The fourth-order valence-electron chi connectivity index (χ4n) is 0.867. The average molecular weight is 215 g/mol. The maximum absolute atomic E-state index is 11.2. The Bertz CT molecular complexity index is 317. The number of ether oxygens (including phenoxy) is 1. The van der Waals surface area contributed by atoms with Crippen LogP contribution in [0.5, 0.6) is 0 Å². The minimum Gasteiger partial charge on any atom is -0.364 e. The molecule has 0 spiro atoms. The summed E-state index contributed by atoms with van der Waals surface area (Å²) in [6.07, 6.45) is 0. The average Bonchev–Trinajstić information content (AvgIpc) is 2.18. The van der Waals surface area contributed by atoms with E-state index in [4.69, 9.17) is 11.6 Å². The van der Waals surface area contributed by atoms with Gasteiger partial charge >= 0.3 is 6.03 Å². The number of urea groups is 1. The van der Waals surface area contributed by atoms with Gasteiger partial charge in [0.25, 0.3) is 0 Å². The van der Waals surface area contributed by atoms with Crippen LogP contribution in [0.15, 0.2) is 24.3 Å². The van der Waals surface area contributed by atoms with Gasteiger partial charge in [0, 0.05) is 7.11 Å². The van der Waals surface area contributed by atoms with Crippen LogP contribution in [0.25, 0.3) is 0 Å². The van der Waals surface area contributed by atoms with Gasteiger partial charge in [-0.2, -0.15) is 0 Å². The number of carbonyl (C=O) groups excluding carboxylic acids is 1. The van der Waals surface area contributed by atoms with E-state index in [2.05, 4.69) is 15.4 Å². The second-order valence-corrected chi connectivity index (χ2v) is 2.95. The number of hydrogen-bond acceptors (Lipinski definition) is 2. The Balaban J connectivity index is 2.52.